The number of methoxy groups -OCH3 is 3. The van der Waals surface area contributed by atoms with E-state index in [0.717, 1.165) is 0 Å². The summed E-state index contributed by atoms with van der Waals surface area (Å²) in [5.74, 6) is -0.807. The zero-order chi connectivity index (χ0) is 21.0. The van der Waals surface area contributed by atoms with Gasteiger partial charge >= 0.3 is 11.9 Å². The molecule has 150 valence electrons. The second-order valence-corrected chi connectivity index (χ2v) is 6.88. The lowest BCUT2D eigenvalue weighted by molar-refractivity contribution is -0.141. The van der Waals surface area contributed by atoms with E-state index in [9.17, 15) is 14.4 Å². The first-order chi connectivity index (χ1) is 14.0. The Kier molecular flexibility index (Phi) is 6.08. The van der Waals surface area contributed by atoms with E-state index in [2.05, 4.69) is 4.99 Å². The van der Waals surface area contributed by atoms with Gasteiger partial charge in [-0.15, -0.1) is 0 Å². The molecule has 0 radical (unpaired) electrons. The Hall–Kier alpha value is -3.46. The van der Waals surface area contributed by atoms with E-state index < -0.39 is 17.8 Å². The lowest BCUT2D eigenvalue weighted by atomic mass is 10.2. The summed E-state index contributed by atoms with van der Waals surface area (Å²) in [6, 6.07) is 11.5. The maximum absolute atomic E-state index is 12.6. The number of benzene rings is 2. The quantitative estimate of drug-likeness (QED) is 0.595. The molecule has 0 bridgehead atoms. The SMILES string of the molecule is COC(=O)Cn1c(=NC(=O)c2ccc(OC)cc2)sc2cc(C(=O)OC)ccc21. The van der Waals surface area contributed by atoms with Gasteiger partial charge in [0.2, 0.25) is 0 Å². The van der Waals surface area contributed by atoms with Crippen molar-refractivity contribution in [1.82, 2.24) is 4.57 Å². The fourth-order valence-electron chi connectivity index (χ4n) is 2.63. The van der Waals surface area contributed by atoms with E-state index >= 15 is 0 Å². The summed E-state index contributed by atoms with van der Waals surface area (Å²) in [4.78, 5) is 40.8. The maximum Gasteiger partial charge on any atom is 0.337 e. The molecule has 0 aliphatic rings. The minimum atomic E-state index is -0.486. The van der Waals surface area contributed by atoms with Crippen molar-refractivity contribution in [3.05, 3.63) is 58.4 Å². The van der Waals surface area contributed by atoms with Gasteiger partial charge < -0.3 is 18.8 Å². The van der Waals surface area contributed by atoms with Crippen molar-refractivity contribution in [2.75, 3.05) is 21.3 Å². The van der Waals surface area contributed by atoms with Crippen LogP contribution in [0, 0.1) is 0 Å². The van der Waals surface area contributed by atoms with Gasteiger partial charge in [-0.25, -0.2) is 4.79 Å². The lowest BCUT2D eigenvalue weighted by Crippen LogP contribution is -2.22. The number of carbonyl (C=O) groups is 3. The van der Waals surface area contributed by atoms with E-state index in [0.29, 0.717) is 31.9 Å². The van der Waals surface area contributed by atoms with E-state index in [1.54, 1.807) is 47.0 Å². The van der Waals surface area contributed by atoms with Gasteiger partial charge in [-0.1, -0.05) is 11.3 Å². The average Bonchev–Trinajstić information content (AvgIpc) is 3.08. The van der Waals surface area contributed by atoms with Crippen LogP contribution in [0.4, 0.5) is 0 Å². The first-order valence-electron chi connectivity index (χ1n) is 8.48. The third-order valence-corrected chi connectivity index (χ3v) is 5.19. The zero-order valence-electron chi connectivity index (χ0n) is 16.0. The number of carbonyl (C=O) groups excluding carboxylic acids is 3. The van der Waals surface area contributed by atoms with Crippen molar-refractivity contribution < 1.29 is 28.6 Å². The van der Waals surface area contributed by atoms with Crippen LogP contribution in [0.15, 0.2) is 47.5 Å². The molecule has 8 nitrogen and oxygen atoms in total. The molecule has 9 heteroatoms. The lowest BCUT2D eigenvalue weighted by Gasteiger charge is -2.04. The zero-order valence-corrected chi connectivity index (χ0v) is 16.8. The molecule has 2 aromatic carbocycles. The van der Waals surface area contributed by atoms with Crippen molar-refractivity contribution in [1.29, 1.82) is 0 Å². The Morgan fingerprint density at radius 1 is 0.966 bits per heavy atom. The van der Waals surface area contributed by atoms with Crippen LogP contribution in [0.25, 0.3) is 10.2 Å². The molecule has 0 saturated carbocycles. The van der Waals surface area contributed by atoms with Crippen molar-refractivity contribution >= 4 is 39.4 Å². The maximum atomic E-state index is 12.6. The second kappa shape index (κ2) is 8.70. The Labute approximate surface area is 170 Å². The van der Waals surface area contributed by atoms with Gasteiger partial charge in [0.1, 0.15) is 12.3 Å². The van der Waals surface area contributed by atoms with Gasteiger partial charge in [0.15, 0.2) is 4.80 Å². The van der Waals surface area contributed by atoms with E-state index in [1.165, 1.54) is 32.7 Å². The van der Waals surface area contributed by atoms with E-state index in [4.69, 9.17) is 14.2 Å². The van der Waals surface area contributed by atoms with Crippen molar-refractivity contribution in [2.45, 2.75) is 6.54 Å². The fraction of sp³-hybridized carbons (Fsp3) is 0.200. The minimum Gasteiger partial charge on any atom is -0.497 e. The van der Waals surface area contributed by atoms with E-state index in [1.807, 2.05) is 0 Å². The van der Waals surface area contributed by atoms with E-state index in [-0.39, 0.29) is 6.54 Å². The molecule has 0 atom stereocenters. The molecule has 0 aliphatic carbocycles. The van der Waals surface area contributed by atoms with Crippen molar-refractivity contribution in [3.63, 3.8) is 0 Å². The number of hydrogen-bond acceptors (Lipinski definition) is 7. The number of thiazole rings is 1. The molecule has 0 saturated heterocycles. The highest BCUT2D eigenvalue weighted by molar-refractivity contribution is 7.16. The van der Waals surface area contributed by atoms with Gasteiger partial charge in [0, 0.05) is 5.56 Å². The first-order valence-corrected chi connectivity index (χ1v) is 9.30. The topological polar surface area (TPSA) is 96.2 Å². The molecular weight excluding hydrogens is 396 g/mol. The molecule has 0 fully saturated rings. The predicted octanol–water partition coefficient (Wildman–Crippen LogP) is 2.41. The number of nitrogens with zero attached hydrogens (tertiary/aromatic N) is 2. The van der Waals surface area contributed by atoms with Gasteiger partial charge in [-0.2, -0.15) is 4.99 Å². The Balaban J connectivity index is 2.11. The number of amides is 1. The normalized spacial score (nSPS) is 11.3. The minimum absolute atomic E-state index is 0.122. The largest absolute Gasteiger partial charge is 0.497 e. The molecule has 0 aliphatic heterocycles. The standard InChI is InChI=1S/C20H18N2O6S/c1-26-14-7-4-12(5-8-14)18(24)21-20-22(11-17(23)27-2)15-9-6-13(19(25)28-3)10-16(15)29-20/h4-10H,11H2,1-3H3. The molecular formula is C20H18N2O6S. The molecule has 0 N–H and O–H groups in total. The Morgan fingerprint density at radius 3 is 2.28 bits per heavy atom. The number of aromatic nitrogens is 1. The van der Waals surface area contributed by atoms with Crippen LogP contribution in [-0.2, 0) is 20.8 Å². The first kappa shape index (κ1) is 20.3. The highest BCUT2D eigenvalue weighted by Gasteiger charge is 2.15. The summed E-state index contributed by atoms with van der Waals surface area (Å²) in [7, 11) is 4.12. The molecule has 29 heavy (non-hydrogen) atoms. The van der Waals surface area contributed by atoms with Crippen LogP contribution in [0.1, 0.15) is 20.7 Å². The molecule has 1 aromatic heterocycles. The van der Waals surface area contributed by atoms with Crippen LogP contribution in [0.2, 0.25) is 0 Å². The van der Waals surface area contributed by atoms with Gasteiger partial charge in [0.25, 0.3) is 5.91 Å². The molecule has 1 amide bonds. The van der Waals surface area contributed by atoms with Gasteiger partial charge in [-0.3, -0.25) is 9.59 Å². The highest BCUT2D eigenvalue weighted by atomic mass is 32.1. The van der Waals surface area contributed by atoms with Crippen LogP contribution in [-0.4, -0.2) is 43.7 Å². The van der Waals surface area contributed by atoms with Crippen molar-refractivity contribution in [3.8, 4) is 5.75 Å². The summed E-state index contributed by atoms with van der Waals surface area (Å²) in [6.07, 6.45) is 0. The molecule has 3 aromatic rings. The smallest absolute Gasteiger partial charge is 0.337 e. The summed E-state index contributed by atoms with van der Waals surface area (Å²) < 4.78 is 16.8. The van der Waals surface area contributed by atoms with Crippen LogP contribution in [0.5, 0.6) is 5.75 Å². The molecule has 3 rings (SSSR count). The second-order valence-electron chi connectivity index (χ2n) is 5.87. The highest BCUT2D eigenvalue weighted by Crippen LogP contribution is 2.20. The monoisotopic (exact) mass is 414 g/mol. The Morgan fingerprint density at radius 2 is 1.66 bits per heavy atom. The molecule has 0 spiro atoms. The number of esters is 2. The van der Waals surface area contributed by atoms with Gasteiger partial charge in [-0.05, 0) is 42.5 Å². The molecule has 1 heterocycles. The predicted molar refractivity (Wildman–Crippen MR) is 106 cm³/mol. The third kappa shape index (κ3) is 4.35. The number of ether oxygens (including phenoxy) is 3. The fourth-order valence-corrected chi connectivity index (χ4v) is 3.70. The number of fused-ring (bicyclic) bond motifs is 1. The molecule has 0 unspecified atom stereocenters. The summed E-state index contributed by atoms with van der Waals surface area (Å²) >= 11 is 1.18. The summed E-state index contributed by atoms with van der Waals surface area (Å²) in [5, 5.41) is 0. The number of rotatable bonds is 5. The van der Waals surface area contributed by atoms with Crippen LogP contribution < -0.4 is 9.54 Å². The van der Waals surface area contributed by atoms with Crippen LogP contribution in [0.3, 0.4) is 0 Å². The van der Waals surface area contributed by atoms with Crippen molar-refractivity contribution in [2.24, 2.45) is 4.99 Å². The third-order valence-electron chi connectivity index (χ3n) is 4.15. The van der Waals surface area contributed by atoms with Gasteiger partial charge in [0.05, 0.1) is 37.1 Å². The van der Waals surface area contributed by atoms with Crippen LogP contribution >= 0.6 is 11.3 Å². The average molecular weight is 414 g/mol. The summed E-state index contributed by atoms with van der Waals surface area (Å²) in [6.45, 7) is -0.122. The number of hydrogen-bond donors (Lipinski definition) is 0. The Bertz CT molecular complexity index is 1140. The summed E-state index contributed by atoms with van der Waals surface area (Å²) in [5.41, 5.74) is 1.39.